The van der Waals surface area contributed by atoms with Crippen LogP contribution >= 0.6 is 0 Å². The van der Waals surface area contributed by atoms with Gasteiger partial charge in [0.15, 0.2) is 0 Å². The number of hydrogen-bond donors (Lipinski definition) is 3. The normalized spacial score (nSPS) is 45.6. The Balaban J connectivity index is 1.51. The molecule has 0 saturated heterocycles. The van der Waals surface area contributed by atoms with E-state index in [1.54, 1.807) is 0 Å². The molecule has 108 valence electrons. The van der Waals surface area contributed by atoms with Gasteiger partial charge < -0.3 is 15.4 Å². The van der Waals surface area contributed by atoms with Gasteiger partial charge >= 0.3 is 0 Å². The fraction of sp³-hybridized carbons (Fsp3) is 0.812. The maximum atomic E-state index is 10.1. The molecule has 1 aliphatic heterocycles. The Morgan fingerprint density at radius 2 is 1.70 bits per heavy atom. The van der Waals surface area contributed by atoms with E-state index in [-0.39, 0.29) is 0 Å². The molecule has 4 aliphatic carbocycles. The van der Waals surface area contributed by atoms with Crippen LogP contribution in [0.3, 0.4) is 0 Å². The van der Waals surface area contributed by atoms with Crippen molar-refractivity contribution in [2.45, 2.75) is 50.7 Å². The summed E-state index contributed by atoms with van der Waals surface area (Å²) in [4.78, 5) is 8.39. The Morgan fingerprint density at radius 3 is 2.35 bits per heavy atom. The highest BCUT2D eigenvalue weighted by atomic mass is 16.3. The molecule has 20 heavy (non-hydrogen) atoms. The summed E-state index contributed by atoms with van der Waals surface area (Å²) >= 11 is 0. The van der Waals surface area contributed by atoms with Gasteiger partial charge in [0.1, 0.15) is 11.9 Å². The van der Waals surface area contributed by atoms with Crippen molar-refractivity contribution in [3.8, 4) is 0 Å². The minimum absolute atomic E-state index is 0.430. The number of β-amino-alcohol motifs (C(OH)–C–C–N with tert-alkyl or cyclic N) is 1. The number of fused-ring (bicyclic) bond motifs is 1. The van der Waals surface area contributed by atoms with E-state index in [0.29, 0.717) is 12.5 Å². The molecular weight excluding hydrogens is 250 g/mol. The van der Waals surface area contributed by atoms with Crippen molar-refractivity contribution < 1.29 is 5.11 Å². The van der Waals surface area contributed by atoms with E-state index in [9.17, 15) is 5.11 Å². The molecule has 5 aliphatic rings. The lowest BCUT2D eigenvalue weighted by Gasteiger charge is -2.53. The van der Waals surface area contributed by atoms with Gasteiger partial charge in [-0.15, -0.1) is 0 Å². The topological polar surface area (TPSA) is 60.9 Å². The molecular formula is C16H23N3O. The molecule has 3 N–H and O–H groups in total. The van der Waals surface area contributed by atoms with Gasteiger partial charge in [-0.05, 0) is 55.8 Å². The summed E-state index contributed by atoms with van der Waals surface area (Å²) in [5, 5.41) is 13.3. The first-order chi connectivity index (χ1) is 9.78. The number of H-pyrrole nitrogens is 1. The molecule has 0 aromatic carbocycles. The van der Waals surface area contributed by atoms with Crippen LogP contribution in [-0.4, -0.2) is 21.6 Å². The number of aliphatic hydroxyl groups excluding tert-OH is 1. The van der Waals surface area contributed by atoms with E-state index in [2.05, 4.69) is 10.3 Å². The highest BCUT2D eigenvalue weighted by Crippen LogP contribution is 2.59. The third-order valence-electron chi connectivity index (χ3n) is 6.33. The van der Waals surface area contributed by atoms with Gasteiger partial charge in [-0.2, -0.15) is 0 Å². The number of nitrogens with one attached hydrogen (secondary N) is 2. The molecule has 2 heterocycles. The van der Waals surface area contributed by atoms with E-state index < -0.39 is 6.10 Å². The Morgan fingerprint density at radius 1 is 1.00 bits per heavy atom. The van der Waals surface area contributed by atoms with E-state index in [1.807, 2.05) is 0 Å². The maximum absolute atomic E-state index is 10.1. The van der Waals surface area contributed by atoms with Crippen molar-refractivity contribution in [3.63, 3.8) is 0 Å². The summed E-state index contributed by atoms with van der Waals surface area (Å²) in [6, 6.07) is 0. The van der Waals surface area contributed by atoms with Crippen LogP contribution in [0, 0.1) is 23.7 Å². The number of imidazole rings is 1. The van der Waals surface area contributed by atoms with Crippen molar-refractivity contribution in [1.82, 2.24) is 15.3 Å². The summed E-state index contributed by atoms with van der Waals surface area (Å²) in [6.07, 6.45) is 6.75. The van der Waals surface area contributed by atoms with E-state index in [0.717, 1.165) is 41.6 Å². The van der Waals surface area contributed by atoms with Crippen LogP contribution in [0.5, 0.6) is 0 Å². The highest BCUT2D eigenvalue weighted by Gasteiger charge is 2.49. The lowest BCUT2D eigenvalue weighted by Crippen LogP contribution is -2.44. The van der Waals surface area contributed by atoms with Crippen LogP contribution in [0.4, 0.5) is 0 Å². The first kappa shape index (κ1) is 11.8. The molecule has 1 aromatic rings. The molecule has 0 radical (unpaired) electrons. The molecule has 4 saturated carbocycles. The molecule has 4 nitrogen and oxygen atoms in total. The SMILES string of the molecule is OC1CNCc2[nH]c(C3C4CC5CC(C4)CC3C5)nc21. The average Bonchev–Trinajstić information content (AvgIpc) is 2.82. The summed E-state index contributed by atoms with van der Waals surface area (Å²) in [5.41, 5.74) is 2.03. The van der Waals surface area contributed by atoms with Crippen LogP contribution < -0.4 is 5.32 Å². The van der Waals surface area contributed by atoms with Crippen LogP contribution in [0.1, 0.15) is 61.3 Å². The van der Waals surface area contributed by atoms with Gasteiger partial charge in [0.25, 0.3) is 0 Å². The first-order valence-corrected chi connectivity index (χ1v) is 8.25. The predicted octanol–water partition coefficient (Wildman–Crippen LogP) is 2.09. The van der Waals surface area contributed by atoms with Crippen molar-refractivity contribution in [1.29, 1.82) is 0 Å². The first-order valence-electron chi connectivity index (χ1n) is 8.25. The molecule has 6 rings (SSSR count). The summed E-state index contributed by atoms with van der Waals surface area (Å²) < 4.78 is 0. The van der Waals surface area contributed by atoms with Crippen LogP contribution in [0.25, 0.3) is 0 Å². The van der Waals surface area contributed by atoms with Crippen LogP contribution in [-0.2, 0) is 6.54 Å². The predicted molar refractivity (Wildman–Crippen MR) is 75.0 cm³/mol. The minimum Gasteiger partial charge on any atom is -0.385 e. The standard InChI is InChI=1S/C16H23N3O/c20-13-7-17-6-12-15(13)19-16(18-12)14-10-2-8-1-9(4-10)5-11(14)3-8/h8-11,13-14,17,20H,1-7H2,(H,18,19). The molecule has 0 spiro atoms. The van der Waals surface area contributed by atoms with E-state index in [4.69, 9.17) is 4.98 Å². The van der Waals surface area contributed by atoms with Crippen molar-refractivity contribution in [2.75, 3.05) is 6.54 Å². The molecule has 1 atom stereocenters. The Kier molecular flexibility index (Phi) is 2.40. The fourth-order valence-electron chi connectivity index (χ4n) is 5.81. The third kappa shape index (κ3) is 1.58. The monoisotopic (exact) mass is 273 g/mol. The maximum Gasteiger partial charge on any atom is 0.110 e. The molecule has 4 heteroatoms. The van der Waals surface area contributed by atoms with Crippen molar-refractivity contribution in [2.24, 2.45) is 23.7 Å². The second-order valence-electron chi connectivity index (χ2n) is 7.59. The van der Waals surface area contributed by atoms with Crippen LogP contribution in [0.2, 0.25) is 0 Å². The van der Waals surface area contributed by atoms with Crippen molar-refractivity contribution in [3.05, 3.63) is 17.2 Å². The summed E-state index contributed by atoms with van der Waals surface area (Å²) in [5.74, 6) is 5.54. The zero-order valence-electron chi connectivity index (χ0n) is 11.8. The van der Waals surface area contributed by atoms with E-state index >= 15 is 0 Å². The summed E-state index contributed by atoms with van der Waals surface area (Å²) in [7, 11) is 0. The van der Waals surface area contributed by atoms with Gasteiger partial charge in [0.2, 0.25) is 0 Å². The number of aliphatic hydroxyl groups is 1. The molecule has 4 fully saturated rings. The summed E-state index contributed by atoms with van der Waals surface area (Å²) in [6.45, 7) is 1.46. The van der Waals surface area contributed by atoms with Crippen molar-refractivity contribution >= 4 is 0 Å². The Bertz CT molecular complexity index is 510. The van der Waals surface area contributed by atoms with E-state index in [1.165, 1.54) is 37.9 Å². The lowest BCUT2D eigenvalue weighted by atomic mass is 9.52. The van der Waals surface area contributed by atoms with Gasteiger partial charge in [-0.3, -0.25) is 0 Å². The second-order valence-corrected chi connectivity index (χ2v) is 7.59. The Labute approximate surface area is 119 Å². The van der Waals surface area contributed by atoms with Gasteiger partial charge in [-0.1, -0.05) is 0 Å². The van der Waals surface area contributed by atoms with Gasteiger partial charge in [0, 0.05) is 19.0 Å². The average molecular weight is 273 g/mol. The number of hydrogen-bond acceptors (Lipinski definition) is 3. The second kappa shape index (κ2) is 4.08. The van der Waals surface area contributed by atoms with Crippen LogP contribution in [0.15, 0.2) is 0 Å². The molecule has 4 bridgehead atoms. The number of aromatic nitrogens is 2. The Hall–Kier alpha value is -0.870. The zero-order chi connectivity index (χ0) is 13.3. The largest absolute Gasteiger partial charge is 0.385 e. The molecule has 0 amide bonds. The lowest BCUT2D eigenvalue weighted by molar-refractivity contribution is -0.00549. The third-order valence-corrected chi connectivity index (χ3v) is 6.33. The van der Waals surface area contributed by atoms with Gasteiger partial charge in [0.05, 0.1) is 11.4 Å². The smallest absolute Gasteiger partial charge is 0.110 e. The number of aromatic amines is 1. The number of nitrogens with zero attached hydrogens (tertiary/aromatic N) is 1. The minimum atomic E-state index is -0.430. The number of rotatable bonds is 1. The molecule has 1 unspecified atom stereocenters. The highest BCUT2D eigenvalue weighted by molar-refractivity contribution is 5.23. The molecule has 1 aromatic heterocycles. The quantitative estimate of drug-likeness (QED) is 0.734. The fourth-order valence-corrected chi connectivity index (χ4v) is 5.81. The zero-order valence-corrected chi connectivity index (χ0v) is 11.8. The van der Waals surface area contributed by atoms with Gasteiger partial charge in [-0.25, -0.2) is 4.98 Å².